The molecule has 0 aromatic heterocycles. The molecule has 66 valence electrons. The molecule has 1 rings (SSSR count). The minimum absolute atomic E-state index is 0. The normalized spacial score (nSPS) is 8.75. The molecule has 0 aliphatic carbocycles. The molecule has 1 aromatic rings. The Labute approximate surface area is 82.5 Å². The van der Waals surface area contributed by atoms with Crippen LogP contribution in [0.15, 0.2) is 29.2 Å². The average molecular weight is 203 g/mol. The van der Waals surface area contributed by atoms with Gasteiger partial charge in [-0.2, -0.15) is 0 Å². The first-order valence-electron chi connectivity index (χ1n) is 3.22. The molecule has 0 fully saturated rings. The van der Waals surface area contributed by atoms with Crippen molar-refractivity contribution in [2.75, 3.05) is 6.26 Å². The summed E-state index contributed by atoms with van der Waals surface area (Å²) < 4.78 is 0. The van der Waals surface area contributed by atoms with Crippen molar-refractivity contribution in [3.8, 4) is 0 Å². The zero-order chi connectivity index (χ0) is 8.27. The minimum atomic E-state index is 0. The smallest absolute Gasteiger partial charge is 0.122 e. The minimum Gasteiger partial charge on any atom is -0.384 e. The fourth-order valence-electron chi connectivity index (χ4n) is 0.771. The summed E-state index contributed by atoms with van der Waals surface area (Å²) in [5.41, 5.74) is 6.06. The van der Waals surface area contributed by atoms with Crippen LogP contribution >= 0.6 is 24.2 Å². The van der Waals surface area contributed by atoms with Gasteiger partial charge in [0, 0.05) is 10.5 Å². The SMILES string of the molecule is CSc1ccc(C(=N)N)cc1.Cl. The van der Waals surface area contributed by atoms with Crippen LogP contribution in [0.25, 0.3) is 0 Å². The summed E-state index contributed by atoms with van der Waals surface area (Å²) in [4.78, 5) is 1.19. The first-order chi connectivity index (χ1) is 5.24. The van der Waals surface area contributed by atoms with Gasteiger partial charge in [0.25, 0.3) is 0 Å². The van der Waals surface area contributed by atoms with Gasteiger partial charge in [0.2, 0.25) is 0 Å². The Morgan fingerprint density at radius 1 is 1.33 bits per heavy atom. The molecule has 0 unspecified atom stereocenters. The number of rotatable bonds is 2. The highest BCUT2D eigenvalue weighted by Gasteiger charge is 1.94. The molecule has 1 aromatic carbocycles. The molecule has 0 saturated carbocycles. The lowest BCUT2D eigenvalue weighted by molar-refractivity contribution is 1.39. The van der Waals surface area contributed by atoms with Crippen molar-refractivity contribution in [1.29, 1.82) is 5.41 Å². The molecule has 3 N–H and O–H groups in total. The highest BCUT2D eigenvalue weighted by molar-refractivity contribution is 7.98. The maximum Gasteiger partial charge on any atom is 0.122 e. The molecule has 0 spiro atoms. The lowest BCUT2D eigenvalue weighted by Crippen LogP contribution is -2.10. The van der Waals surface area contributed by atoms with E-state index in [1.165, 1.54) is 4.90 Å². The van der Waals surface area contributed by atoms with E-state index in [2.05, 4.69) is 0 Å². The van der Waals surface area contributed by atoms with Crippen molar-refractivity contribution < 1.29 is 0 Å². The lowest BCUT2D eigenvalue weighted by Gasteiger charge is -1.98. The third kappa shape index (κ3) is 2.75. The second kappa shape index (κ2) is 5.06. The van der Waals surface area contributed by atoms with Gasteiger partial charge in [-0.15, -0.1) is 24.2 Å². The number of hydrogen-bond acceptors (Lipinski definition) is 2. The van der Waals surface area contributed by atoms with E-state index < -0.39 is 0 Å². The van der Waals surface area contributed by atoms with Crippen LogP contribution in [0, 0.1) is 5.41 Å². The van der Waals surface area contributed by atoms with Crippen molar-refractivity contribution >= 4 is 30.0 Å². The highest BCUT2D eigenvalue weighted by Crippen LogP contribution is 2.14. The fourth-order valence-corrected chi connectivity index (χ4v) is 1.18. The van der Waals surface area contributed by atoms with E-state index in [0.29, 0.717) is 0 Å². The predicted octanol–water partition coefficient (Wildman–Crippen LogP) is 2.11. The molecule has 0 bridgehead atoms. The number of nitrogens with one attached hydrogen (secondary N) is 1. The number of benzene rings is 1. The van der Waals surface area contributed by atoms with Gasteiger partial charge in [-0.1, -0.05) is 12.1 Å². The zero-order valence-electron chi connectivity index (χ0n) is 6.70. The number of halogens is 1. The summed E-state index contributed by atoms with van der Waals surface area (Å²) in [5.74, 6) is 0.123. The first-order valence-corrected chi connectivity index (χ1v) is 4.45. The first kappa shape index (κ1) is 11.3. The van der Waals surface area contributed by atoms with Gasteiger partial charge in [-0.25, -0.2) is 0 Å². The molecule has 0 aliphatic rings. The summed E-state index contributed by atoms with van der Waals surface area (Å²) in [6.07, 6.45) is 2.02. The molecule has 0 heterocycles. The molecular formula is C8H11ClN2S. The van der Waals surface area contributed by atoms with E-state index in [0.717, 1.165) is 5.56 Å². The number of nitrogens with two attached hydrogens (primary N) is 1. The monoisotopic (exact) mass is 202 g/mol. The summed E-state index contributed by atoms with van der Waals surface area (Å²) in [6.45, 7) is 0. The third-order valence-corrected chi connectivity index (χ3v) is 2.14. The maximum atomic E-state index is 7.13. The van der Waals surface area contributed by atoms with Gasteiger partial charge in [-0.3, -0.25) is 5.41 Å². The van der Waals surface area contributed by atoms with Crippen molar-refractivity contribution in [3.63, 3.8) is 0 Å². The number of hydrogen-bond donors (Lipinski definition) is 2. The standard InChI is InChI=1S/C8H10N2S.ClH/c1-11-7-4-2-6(3-5-7)8(9)10;/h2-5H,1H3,(H3,9,10);1H. The van der Waals surface area contributed by atoms with Crippen molar-refractivity contribution in [3.05, 3.63) is 29.8 Å². The van der Waals surface area contributed by atoms with Crippen LogP contribution in [0.4, 0.5) is 0 Å². The van der Waals surface area contributed by atoms with Crippen LogP contribution in [0.3, 0.4) is 0 Å². The van der Waals surface area contributed by atoms with E-state index in [4.69, 9.17) is 11.1 Å². The van der Waals surface area contributed by atoms with E-state index in [1.807, 2.05) is 30.5 Å². The maximum absolute atomic E-state index is 7.13. The molecule has 12 heavy (non-hydrogen) atoms. The Kier molecular flexibility index (Phi) is 4.78. The Bertz CT molecular complexity index is 258. The van der Waals surface area contributed by atoms with Gasteiger partial charge in [0.05, 0.1) is 0 Å². The fraction of sp³-hybridized carbons (Fsp3) is 0.125. The number of amidine groups is 1. The average Bonchev–Trinajstić information content (AvgIpc) is 2.05. The Morgan fingerprint density at radius 2 is 1.83 bits per heavy atom. The van der Waals surface area contributed by atoms with Crippen molar-refractivity contribution in [2.24, 2.45) is 5.73 Å². The number of thioether (sulfide) groups is 1. The molecule has 2 nitrogen and oxygen atoms in total. The van der Waals surface area contributed by atoms with Crippen molar-refractivity contribution in [2.45, 2.75) is 4.90 Å². The highest BCUT2D eigenvalue weighted by atomic mass is 35.5. The van der Waals surface area contributed by atoms with E-state index in [-0.39, 0.29) is 18.2 Å². The molecular weight excluding hydrogens is 192 g/mol. The Balaban J connectivity index is 0.00000121. The van der Waals surface area contributed by atoms with Gasteiger partial charge in [-0.05, 0) is 18.4 Å². The molecule has 4 heteroatoms. The predicted molar refractivity (Wildman–Crippen MR) is 56.5 cm³/mol. The summed E-state index contributed by atoms with van der Waals surface area (Å²) in [5, 5.41) is 7.13. The van der Waals surface area contributed by atoms with Crippen LogP contribution in [-0.4, -0.2) is 12.1 Å². The summed E-state index contributed by atoms with van der Waals surface area (Å²) in [6, 6.07) is 7.63. The molecule has 0 atom stereocenters. The van der Waals surface area contributed by atoms with Gasteiger partial charge in [0.15, 0.2) is 0 Å². The van der Waals surface area contributed by atoms with E-state index in [1.54, 1.807) is 11.8 Å². The molecule has 0 amide bonds. The molecule has 0 saturated heterocycles. The summed E-state index contributed by atoms with van der Waals surface area (Å²) >= 11 is 1.68. The van der Waals surface area contributed by atoms with Gasteiger partial charge in [0.1, 0.15) is 5.84 Å². The van der Waals surface area contributed by atoms with E-state index >= 15 is 0 Å². The van der Waals surface area contributed by atoms with Crippen LogP contribution in [-0.2, 0) is 0 Å². The van der Waals surface area contributed by atoms with Crippen LogP contribution in [0.2, 0.25) is 0 Å². The van der Waals surface area contributed by atoms with E-state index in [9.17, 15) is 0 Å². The largest absolute Gasteiger partial charge is 0.384 e. The van der Waals surface area contributed by atoms with Gasteiger partial charge < -0.3 is 5.73 Å². The Hall–Kier alpha value is -0.670. The second-order valence-corrected chi connectivity index (χ2v) is 3.02. The van der Waals surface area contributed by atoms with Crippen LogP contribution < -0.4 is 5.73 Å². The molecule has 0 aliphatic heterocycles. The van der Waals surface area contributed by atoms with Crippen LogP contribution in [0.5, 0.6) is 0 Å². The van der Waals surface area contributed by atoms with Gasteiger partial charge >= 0.3 is 0 Å². The van der Waals surface area contributed by atoms with Crippen molar-refractivity contribution in [1.82, 2.24) is 0 Å². The molecule has 0 radical (unpaired) electrons. The quantitative estimate of drug-likeness (QED) is 0.439. The third-order valence-electron chi connectivity index (χ3n) is 1.40. The second-order valence-electron chi connectivity index (χ2n) is 2.14. The zero-order valence-corrected chi connectivity index (χ0v) is 8.34. The van der Waals surface area contributed by atoms with Crippen LogP contribution in [0.1, 0.15) is 5.56 Å². The summed E-state index contributed by atoms with van der Waals surface area (Å²) in [7, 11) is 0. The number of nitrogen functional groups attached to an aromatic ring is 1. The topological polar surface area (TPSA) is 49.9 Å². The lowest BCUT2D eigenvalue weighted by atomic mass is 10.2. The Morgan fingerprint density at radius 3 is 2.17 bits per heavy atom.